The van der Waals surface area contributed by atoms with E-state index in [4.69, 9.17) is 11.6 Å². The van der Waals surface area contributed by atoms with Crippen LogP contribution in [0.3, 0.4) is 0 Å². The van der Waals surface area contributed by atoms with Gasteiger partial charge in [-0.05, 0) is 37.1 Å². The third-order valence-corrected chi connectivity index (χ3v) is 4.56. The second-order valence-corrected chi connectivity index (χ2v) is 6.58. The van der Waals surface area contributed by atoms with Crippen LogP contribution in [-0.2, 0) is 11.3 Å². The molecule has 1 N–H and O–H groups in total. The number of piperidine rings is 1. The number of carbonyl (C=O) groups excluding carboxylic acids is 2. The first-order valence-corrected chi connectivity index (χ1v) is 8.74. The Labute approximate surface area is 152 Å². The van der Waals surface area contributed by atoms with E-state index in [9.17, 15) is 9.59 Å². The zero-order valence-corrected chi connectivity index (χ0v) is 14.6. The summed E-state index contributed by atoms with van der Waals surface area (Å²) < 4.78 is 0. The van der Waals surface area contributed by atoms with Gasteiger partial charge in [0.05, 0.1) is 23.2 Å². The van der Waals surface area contributed by atoms with Crippen LogP contribution in [0.15, 0.2) is 48.7 Å². The predicted molar refractivity (Wildman–Crippen MR) is 96.2 cm³/mol. The topological polar surface area (TPSA) is 62.3 Å². The molecule has 6 heteroatoms. The lowest BCUT2D eigenvalue weighted by Gasteiger charge is -2.32. The molecule has 0 bridgehead atoms. The summed E-state index contributed by atoms with van der Waals surface area (Å²) in [6, 6.07) is 12.7. The van der Waals surface area contributed by atoms with E-state index in [0.717, 1.165) is 18.5 Å². The summed E-state index contributed by atoms with van der Waals surface area (Å²) in [5.41, 5.74) is 1.42. The molecule has 0 aliphatic carbocycles. The van der Waals surface area contributed by atoms with Crippen LogP contribution in [0, 0.1) is 5.92 Å². The van der Waals surface area contributed by atoms with Gasteiger partial charge in [0.25, 0.3) is 5.91 Å². The first-order valence-electron chi connectivity index (χ1n) is 8.36. The molecule has 3 rings (SSSR count). The van der Waals surface area contributed by atoms with E-state index in [1.807, 2.05) is 18.2 Å². The molecule has 1 saturated heterocycles. The van der Waals surface area contributed by atoms with Crippen molar-refractivity contribution in [2.24, 2.45) is 5.92 Å². The molecule has 0 saturated carbocycles. The minimum atomic E-state index is -0.186. The van der Waals surface area contributed by atoms with Crippen LogP contribution in [0.5, 0.6) is 0 Å². The highest BCUT2D eigenvalue weighted by Crippen LogP contribution is 2.19. The summed E-state index contributed by atoms with van der Waals surface area (Å²) >= 11 is 5.81. The zero-order valence-electron chi connectivity index (χ0n) is 13.8. The molecule has 2 aromatic rings. The molecular weight excluding hydrogens is 338 g/mol. The highest BCUT2D eigenvalue weighted by molar-refractivity contribution is 6.30. The summed E-state index contributed by atoms with van der Waals surface area (Å²) in [7, 11) is 0. The van der Waals surface area contributed by atoms with Crippen molar-refractivity contribution in [3.8, 4) is 0 Å². The number of hydrogen-bond donors (Lipinski definition) is 1. The first kappa shape index (κ1) is 17.4. The van der Waals surface area contributed by atoms with Crippen LogP contribution in [0.1, 0.15) is 28.9 Å². The van der Waals surface area contributed by atoms with E-state index in [1.165, 1.54) is 0 Å². The number of amides is 2. The highest BCUT2D eigenvalue weighted by atomic mass is 35.5. The van der Waals surface area contributed by atoms with Crippen LogP contribution in [0.2, 0.25) is 5.02 Å². The molecule has 2 heterocycles. The minimum absolute atomic E-state index is 0.0162. The van der Waals surface area contributed by atoms with Crippen LogP contribution in [0.25, 0.3) is 0 Å². The van der Waals surface area contributed by atoms with Crippen molar-refractivity contribution in [1.29, 1.82) is 0 Å². The molecule has 2 amide bonds. The predicted octanol–water partition coefficient (Wildman–Crippen LogP) is 2.90. The number of benzene rings is 1. The van der Waals surface area contributed by atoms with E-state index in [-0.39, 0.29) is 17.7 Å². The first-order chi connectivity index (χ1) is 12.1. The highest BCUT2D eigenvalue weighted by Gasteiger charge is 2.28. The summed E-state index contributed by atoms with van der Waals surface area (Å²) in [5.74, 6) is -0.242. The van der Waals surface area contributed by atoms with E-state index in [0.29, 0.717) is 30.2 Å². The molecule has 1 aliphatic rings. The van der Waals surface area contributed by atoms with Crippen LogP contribution in [0.4, 0.5) is 0 Å². The molecule has 5 nitrogen and oxygen atoms in total. The number of pyridine rings is 1. The lowest BCUT2D eigenvalue weighted by Crippen LogP contribution is -2.45. The monoisotopic (exact) mass is 357 g/mol. The molecule has 1 fully saturated rings. The van der Waals surface area contributed by atoms with Crippen LogP contribution in [-0.4, -0.2) is 34.8 Å². The maximum atomic E-state index is 12.6. The number of hydrogen-bond acceptors (Lipinski definition) is 3. The van der Waals surface area contributed by atoms with Gasteiger partial charge in [-0.2, -0.15) is 0 Å². The second kappa shape index (κ2) is 8.12. The Hall–Kier alpha value is -2.40. The third kappa shape index (κ3) is 4.57. The van der Waals surface area contributed by atoms with Crippen LogP contribution >= 0.6 is 11.6 Å². The van der Waals surface area contributed by atoms with Gasteiger partial charge in [0.15, 0.2) is 0 Å². The summed E-state index contributed by atoms with van der Waals surface area (Å²) in [5, 5.41) is 3.47. The van der Waals surface area contributed by atoms with Gasteiger partial charge in [-0.1, -0.05) is 29.8 Å². The Balaban J connectivity index is 1.56. The van der Waals surface area contributed by atoms with Gasteiger partial charge in [-0.25, -0.2) is 0 Å². The molecule has 1 aromatic carbocycles. The van der Waals surface area contributed by atoms with E-state index >= 15 is 0 Å². The smallest absolute Gasteiger partial charge is 0.253 e. The average molecular weight is 358 g/mol. The number of nitrogens with zero attached hydrogens (tertiary/aromatic N) is 2. The van der Waals surface area contributed by atoms with Gasteiger partial charge in [0.2, 0.25) is 5.91 Å². The Morgan fingerprint density at radius 1 is 1.20 bits per heavy atom. The SMILES string of the molecule is O=C(NCc1ccc(Cl)cn1)C1CCCN(C(=O)c2ccccc2)C1. The van der Waals surface area contributed by atoms with Crippen molar-refractivity contribution in [3.05, 3.63) is 64.9 Å². The average Bonchev–Trinajstić information content (AvgIpc) is 2.67. The molecule has 1 aromatic heterocycles. The lowest BCUT2D eigenvalue weighted by molar-refractivity contribution is -0.126. The Kier molecular flexibility index (Phi) is 5.66. The van der Waals surface area contributed by atoms with E-state index in [1.54, 1.807) is 35.4 Å². The van der Waals surface area contributed by atoms with Crippen molar-refractivity contribution in [2.75, 3.05) is 13.1 Å². The maximum Gasteiger partial charge on any atom is 0.253 e. The quantitative estimate of drug-likeness (QED) is 0.915. The van der Waals surface area contributed by atoms with Crippen molar-refractivity contribution in [1.82, 2.24) is 15.2 Å². The molecular formula is C19H20ClN3O2. The Bertz CT molecular complexity index is 734. The maximum absolute atomic E-state index is 12.6. The summed E-state index contributed by atoms with van der Waals surface area (Å²) in [4.78, 5) is 30.9. The van der Waals surface area contributed by atoms with Crippen molar-refractivity contribution >= 4 is 23.4 Å². The van der Waals surface area contributed by atoms with E-state index in [2.05, 4.69) is 10.3 Å². The van der Waals surface area contributed by atoms with Gasteiger partial charge in [0, 0.05) is 24.8 Å². The van der Waals surface area contributed by atoms with Gasteiger partial charge in [-0.3, -0.25) is 14.6 Å². The van der Waals surface area contributed by atoms with Crippen molar-refractivity contribution in [3.63, 3.8) is 0 Å². The molecule has 1 atom stereocenters. The number of likely N-dealkylation sites (tertiary alicyclic amines) is 1. The third-order valence-electron chi connectivity index (χ3n) is 4.33. The number of aromatic nitrogens is 1. The Morgan fingerprint density at radius 3 is 2.72 bits per heavy atom. The Morgan fingerprint density at radius 2 is 2.00 bits per heavy atom. The lowest BCUT2D eigenvalue weighted by atomic mass is 9.96. The van der Waals surface area contributed by atoms with Crippen molar-refractivity contribution < 1.29 is 9.59 Å². The van der Waals surface area contributed by atoms with Gasteiger partial charge in [-0.15, -0.1) is 0 Å². The second-order valence-electron chi connectivity index (χ2n) is 6.14. The van der Waals surface area contributed by atoms with Gasteiger partial charge in [0.1, 0.15) is 0 Å². The van der Waals surface area contributed by atoms with Crippen LogP contribution < -0.4 is 5.32 Å². The standard InChI is InChI=1S/C19H20ClN3O2/c20-16-8-9-17(21-11-16)12-22-18(24)15-7-4-10-23(13-15)19(25)14-5-2-1-3-6-14/h1-3,5-6,8-9,11,15H,4,7,10,12-13H2,(H,22,24). The fraction of sp³-hybridized carbons (Fsp3) is 0.316. The fourth-order valence-corrected chi connectivity index (χ4v) is 3.08. The summed E-state index contributed by atoms with van der Waals surface area (Å²) in [6.07, 6.45) is 3.18. The number of halogens is 1. The number of nitrogens with one attached hydrogen (secondary N) is 1. The fourth-order valence-electron chi connectivity index (χ4n) is 2.97. The largest absolute Gasteiger partial charge is 0.350 e. The molecule has 25 heavy (non-hydrogen) atoms. The molecule has 0 radical (unpaired) electrons. The van der Waals surface area contributed by atoms with Crippen molar-refractivity contribution in [2.45, 2.75) is 19.4 Å². The van der Waals surface area contributed by atoms with Gasteiger partial charge >= 0.3 is 0 Å². The molecule has 1 aliphatic heterocycles. The number of rotatable bonds is 4. The minimum Gasteiger partial charge on any atom is -0.350 e. The normalized spacial score (nSPS) is 17.2. The van der Waals surface area contributed by atoms with Gasteiger partial charge < -0.3 is 10.2 Å². The van der Waals surface area contributed by atoms with E-state index < -0.39 is 0 Å². The molecule has 130 valence electrons. The number of carbonyl (C=O) groups is 2. The molecule has 0 spiro atoms. The molecule has 1 unspecified atom stereocenters. The summed E-state index contributed by atoms with van der Waals surface area (Å²) in [6.45, 7) is 1.50. The zero-order chi connectivity index (χ0) is 17.6.